The maximum Gasteiger partial charge on any atom is 0.323 e. The molecule has 0 atom stereocenters. The van der Waals surface area contributed by atoms with Gasteiger partial charge in [-0.25, -0.2) is 0 Å². The Labute approximate surface area is 129 Å². The van der Waals surface area contributed by atoms with Crippen molar-refractivity contribution in [3.63, 3.8) is 0 Å². The van der Waals surface area contributed by atoms with Gasteiger partial charge >= 0.3 is 5.97 Å². The summed E-state index contributed by atoms with van der Waals surface area (Å²) in [7, 11) is 5.42. The zero-order valence-electron chi connectivity index (χ0n) is 13.7. The van der Waals surface area contributed by atoms with Crippen LogP contribution in [0, 0.1) is 5.41 Å². The number of hydrogen-bond acceptors (Lipinski definition) is 3. The molecule has 1 amide bonds. The molecule has 0 bridgehead atoms. The Hall–Kier alpha value is -1.40. The molecule has 0 heterocycles. The summed E-state index contributed by atoms with van der Waals surface area (Å²) >= 11 is 0. The molecule has 0 aromatic rings. The van der Waals surface area contributed by atoms with Crippen LogP contribution in [0.3, 0.4) is 0 Å². The molecule has 0 aromatic carbocycles. The van der Waals surface area contributed by atoms with Gasteiger partial charge in [0.1, 0.15) is 30.1 Å². The van der Waals surface area contributed by atoms with Crippen LogP contribution in [0.25, 0.3) is 0 Å². The lowest BCUT2D eigenvalue weighted by Gasteiger charge is -2.36. The van der Waals surface area contributed by atoms with E-state index in [1.807, 2.05) is 0 Å². The first-order valence-electron chi connectivity index (χ1n) is 7.56. The fourth-order valence-corrected chi connectivity index (χ4v) is 1.94. The molecule has 0 rings (SSSR count). The van der Waals surface area contributed by atoms with Crippen LogP contribution in [0.15, 0.2) is 0 Å². The van der Waals surface area contributed by atoms with Gasteiger partial charge in [-0.3, -0.25) is 20.3 Å². The third-order valence-corrected chi connectivity index (χ3v) is 3.14. The molecule has 0 saturated carbocycles. The van der Waals surface area contributed by atoms with E-state index in [0.717, 1.165) is 25.7 Å². The summed E-state index contributed by atoms with van der Waals surface area (Å²) in [6.45, 7) is 1.83. The first-order valence-corrected chi connectivity index (χ1v) is 7.56. The number of nitrogens with one attached hydrogen (secondary N) is 2. The van der Waals surface area contributed by atoms with Crippen molar-refractivity contribution >= 4 is 41.4 Å². The van der Waals surface area contributed by atoms with Crippen LogP contribution >= 0.6 is 0 Å². The first-order chi connectivity index (χ1) is 9.68. The molecule has 6 nitrogen and oxygen atoms in total. The smallest absolute Gasteiger partial charge is 0.323 e. The Kier molecular flexibility index (Phi) is 8.89. The van der Waals surface area contributed by atoms with E-state index in [1.54, 1.807) is 23.5 Å². The van der Waals surface area contributed by atoms with Gasteiger partial charge in [0.15, 0.2) is 5.96 Å². The van der Waals surface area contributed by atoms with Gasteiger partial charge in [-0.2, -0.15) is 0 Å². The van der Waals surface area contributed by atoms with Gasteiger partial charge in [0.25, 0.3) is 0 Å². The maximum atomic E-state index is 11.8. The molecule has 0 aliphatic heterocycles. The van der Waals surface area contributed by atoms with Crippen LogP contribution in [0.2, 0.25) is 0 Å². The topological polar surface area (TPSA) is 93.5 Å². The SMILES string of the molecule is BC(B)(B)N(CC(=O)O)C(=N)NC(=O)CCCCCCC. The van der Waals surface area contributed by atoms with E-state index in [9.17, 15) is 9.59 Å². The number of amides is 1. The van der Waals surface area contributed by atoms with Crippen molar-refractivity contribution in [2.75, 3.05) is 6.54 Å². The van der Waals surface area contributed by atoms with Crippen molar-refractivity contribution in [3.05, 3.63) is 0 Å². The van der Waals surface area contributed by atoms with E-state index < -0.39 is 11.2 Å². The molecule has 3 N–H and O–H groups in total. The highest BCUT2D eigenvalue weighted by Gasteiger charge is 2.26. The third kappa shape index (κ3) is 9.21. The van der Waals surface area contributed by atoms with Crippen LogP contribution < -0.4 is 5.32 Å². The number of guanidine groups is 1. The largest absolute Gasteiger partial charge is 0.480 e. The van der Waals surface area contributed by atoms with Crippen molar-refractivity contribution in [2.45, 2.75) is 50.7 Å². The minimum atomic E-state index is -1.02. The number of unbranched alkanes of at least 4 members (excludes halogenated alkanes) is 4. The second-order valence-corrected chi connectivity index (χ2v) is 6.21. The predicted molar refractivity (Wildman–Crippen MR) is 92.0 cm³/mol. The van der Waals surface area contributed by atoms with Crippen LogP contribution in [-0.4, -0.2) is 63.2 Å². The molecule has 0 radical (unpaired) electrons. The molecule has 0 fully saturated rings. The quantitative estimate of drug-likeness (QED) is 0.204. The van der Waals surface area contributed by atoms with Gasteiger partial charge in [-0.05, 0) is 11.7 Å². The van der Waals surface area contributed by atoms with E-state index in [0.29, 0.717) is 6.42 Å². The Balaban J connectivity index is 4.29. The molecular weight excluding hydrogens is 267 g/mol. The fourth-order valence-electron chi connectivity index (χ4n) is 1.94. The lowest BCUT2D eigenvalue weighted by atomic mass is 9.48. The molecular formula is C12H26B3N3O3. The van der Waals surface area contributed by atoms with Gasteiger partial charge in [0.05, 0.1) is 0 Å². The maximum absolute atomic E-state index is 11.8. The monoisotopic (exact) mass is 293 g/mol. The Bertz CT molecular complexity index is 372. The molecule has 0 spiro atoms. The fraction of sp³-hybridized carbons (Fsp3) is 0.750. The lowest BCUT2D eigenvalue weighted by Crippen LogP contribution is -2.59. The van der Waals surface area contributed by atoms with Crippen molar-refractivity contribution in [1.29, 1.82) is 5.41 Å². The van der Waals surface area contributed by atoms with Crippen molar-refractivity contribution in [3.8, 4) is 0 Å². The molecule has 0 saturated heterocycles. The Morgan fingerprint density at radius 2 is 1.76 bits per heavy atom. The number of aliphatic carboxylic acids is 1. The van der Waals surface area contributed by atoms with Crippen LogP contribution in [0.5, 0.6) is 0 Å². The van der Waals surface area contributed by atoms with Crippen LogP contribution in [0.1, 0.15) is 45.4 Å². The molecule has 0 aliphatic rings. The van der Waals surface area contributed by atoms with E-state index >= 15 is 0 Å². The summed E-state index contributed by atoms with van der Waals surface area (Å²) in [5, 5.41) is 18.8. The highest BCUT2D eigenvalue weighted by atomic mass is 16.4. The summed E-state index contributed by atoms with van der Waals surface area (Å²) in [5.41, 5.74) is 0. The first kappa shape index (κ1) is 19.6. The number of hydrogen-bond donors (Lipinski definition) is 3. The Morgan fingerprint density at radius 1 is 1.19 bits per heavy atom. The lowest BCUT2D eigenvalue weighted by molar-refractivity contribution is -0.137. The summed E-state index contributed by atoms with van der Waals surface area (Å²) < 4.78 is 0. The molecule has 0 aromatic heterocycles. The molecule has 0 unspecified atom stereocenters. The zero-order chi connectivity index (χ0) is 16.5. The number of carboxylic acids is 1. The number of rotatable bonds is 9. The minimum absolute atomic E-state index is 0.150. The number of carbonyl (C=O) groups excluding carboxylic acids is 1. The van der Waals surface area contributed by atoms with Gasteiger partial charge in [-0.15, -0.1) is 0 Å². The summed E-state index contributed by atoms with van der Waals surface area (Å²) in [6, 6.07) is 0. The van der Waals surface area contributed by atoms with Gasteiger partial charge in [0, 0.05) is 6.42 Å². The molecule has 116 valence electrons. The number of nitrogens with zero attached hydrogens (tertiary/aromatic N) is 1. The van der Waals surface area contributed by atoms with E-state index in [1.165, 1.54) is 11.3 Å². The molecule has 0 aliphatic carbocycles. The zero-order valence-corrected chi connectivity index (χ0v) is 13.7. The van der Waals surface area contributed by atoms with Crippen molar-refractivity contribution < 1.29 is 14.7 Å². The highest BCUT2D eigenvalue weighted by molar-refractivity contribution is 6.59. The van der Waals surface area contributed by atoms with Crippen LogP contribution in [-0.2, 0) is 9.59 Å². The second-order valence-electron chi connectivity index (χ2n) is 6.21. The van der Waals surface area contributed by atoms with Gasteiger partial charge in [0.2, 0.25) is 5.91 Å². The molecule has 21 heavy (non-hydrogen) atoms. The van der Waals surface area contributed by atoms with Crippen molar-refractivity contribution in [2.24, 2.45) is 0 Å². The Morgan fingerprint density at radius 3 is 2.24 bits per heavy atom. The molecule has 9 heteroatoms. The van der Waals surface area contributed by atoms with E-state index in [-0.39, 0.29) is 18.4 Å². The summed E-state index contributed by atoms with van der Waals surface area (Å²) in [6.07, 6.45) is 5.63. The van der Waals surface area contributed by atoms with E-state index in [2.05, 4.69) is 12.2 Å². The average Bonchev–Trinajstić information content (AvgIpc) is 2.34. The van der Waals surface area contributed by atoms with Gasteiger partial charge < -0.3 is 10.0 Å². The predicted octanol–water partition coefficient (Wildman–Crippen LogP) is -1.70. The van der Waals surface area contributed by atoms with E-state index in [4.69, 9.17) is 10.5 Å². The van der Waals surface area contributed by atoms with Crippen molar-refractivity contribution in [1.82, 2.24) is 10.2 Å². The standard InChI is InChI=1S/C12H26B3N3O3/c1-2-3-4-5-6-7-9(19)17-11(16)18(8-10(20)21)12(13,14)15/h2-8,13-15H2,1H3,(H,20,21)(H2,16,17,19). The second kappa shape index (κ2) is 9.52. The third-order valence-electron chi connectivity index (χ3n) is 3.14. The van der Waals surface area contributed by atoms with Crippen LogP contribution in [0.4, 0.5) is 0 Å². The normalized spacial score (nSPS) is 10.9. The average molecular weight is 293 g/mol. The number of carboxylic acid groups (broad SMARTS) is 1. The highest BCUT2D eigenvalue weighted by Crippen LogP contribution is 2.06. The number of carbonyl (C=O) groups is 2. The minimum Gasteiger partial charge on any atom is -0.480 e. The summed E-state index contributed by atoms with van der Waals surface area (Å²) in [4.78, 5) is 24.0. The van der Waals surface area contributed by atoms with Gasteiger partial charge in [-0.1, -0.05) is 32.6 Å². The summed E-state index contributed by atoms with van der Waals surface area (Å²) in [5.74, 6) is -1.40.